The maximum absolute atomic E-state index is 12.4. The molecule has 0 aromatic heterocycles. The molecule has 2 saturated heterocycles. The Kier molecular flexibility index (Phi) is 5.65. The van der Waals surface area contributed by atoms with Crippen LogP contribution in [0.2, 0.25) is 0 Å². The van der Waals surface area contributed by atoms with Crippen LogP contribution in [0.4, 0.5) is 0 Å². The monoisotopic (exact) mass is 318 g/mol. The molecule has 0 aliphatic carbocycles. The Morgan fingerprint density at radius 1 is 1.17 bits per heavy atom. The van der Waals surface area contributed by atoms with Crippen molar-refractivity contribution in [3.05, 3.63) is 35.9 Å². The van der Waals surface area contributed by atoms with Crippen molar-refractivity contribution in [2.24, 2.45) is 5.92 Å². The molecule has 2 heterocycles. The van der Waals surface area contributed by atoms with Gasteiger partial charge in [0, 0.05) is 19.5 Å². The zero-order valence-corrected chi connectivity index (χ0v) is 13.8. The summed E-state index contributed by atoms with van der Waals surface area (Å²) in [6.45, 7) is 4.49. The van der Waals surface area contributed by atoms with Crippen molar-refractivity contribution in [2.75, 3.05) is 39.9 Å². The molecule has 5 nitrogen and oxygen atoms in total. The summed E-state index contributed by atoms with van der Waals surface area (Å²) in [5.41, 5.74) is 1.16. The molecule has 0 atom stereocenters. The minimum absolute atomic E-state index is 0.0198. The third kappa shape index (κ3) is 4.53. The molecule has 1 aromatic rings. The first-order valence-corrected chi connectivity index (χ1v) is 8.46. The number of benzene rings is 1. The second-order valence-electron chi connectivity index (χ2n) is 6.46. The third-order valence-electron chi connectivity index (χ3n) is 4.71. The molecule has 0 N–H and O–H groups in total. The molecule has 0 radical (unpaired) electrons. The Morgan fingerprint density at radius 3 is 2.48 bits per heavy atom. The highest BCUT2D eigenvalue weighted by atomic mass is 16.7. The van der Waals surface area contributed by atoms with Crippen LogP contribution in [0.25, 0.3) is 0 Å². The third-order valence-corrected chi connectivity index (χ3v) is 4.71. The highest BCUT2D eigenvalue weighted by Gasteiger charge is 2.31. The molecular formula is C18H26N2O3. The number of piperidine rings is 1. The van der Waals surface area contributed by atoms with Crippen molar-refractivity contribution in [3.63, 3.8) is 0 Å². The Hall–Kier alpha value is -1.43. The predicted octanol–water partition coefficient (Wildman–Crippen LogP) is 1.73. The van der Waals surface area contributed by atoms with Crippen LogP contribution in [-0.2, 0) is 20.8 Å². The summed E-state index contributed by atoms with van der Waals surface area (Å²) in [7, 11) is 1.88. The normalized spacial score (nSPS) is 20.7. The first-order valence-electron chi connectivity index (χ1n) is 8.46. The fourth-order valence-electron chi connectivity index (χ4n) is 3.29. The van der Waals surface area contributed by atoms with E-state index >= 15 is 0 Å². The summed E-state index contributed by atoms with van der Waals surface area (Å²) >= 11 is 0. The van der Waals surface area contributed by atoms with Crippen LogP contribution in [0.3, 0.4) is 0 Å². The van der Waals surface area contributed by atoms with Gasteiger partial charge in [-0.3, -0.25) is 9.69 Å². The van der Waals surface area contributed by atoms with Crippen LogP contribution >= 0.6 is 0 Å². The van der Waals surface area contributed by atoms with Gasteiger partial charge < -0.3 is 14.4 Å². The molecule has 0 unspecified atom stereocenters. The van der Waals surface area contributed by atoms with Crippen LogP contribution in [0.5, 0.6) is 0 Å². The molecule has 3 rings (SSSR count). The van der Waals surface area contributed by atoms with Crippen molar-refractivity contribution in [1.82, 2.24) is 9.80 Å². The van der Waals surface area contributed by atoms with Crippen LogP contribution in [0.15, 0.2) is 30.3 Å². The van der Waals surface area contributed by atoms with Gasteiger partial charge in [-0.2, -0.15) is 0 Å². The lowest BCUT2D eigenvalue weighted by atomic mass is 9.96. The Labute approximate surface area is 138 Å². The van der Waals surface area contributed by atoms with E-state index in [-0.39, 0.29) is 12.2 Å². The van der Waals surface area contributed by atoms with E-state index in [1.165, 1.54) is 0 Å². The average molecular weight is 318 g/mol. The fraction of sp³-hybridized carbons (Fsp3) is 0.611. The van der Waals surface area contributed by atoms with Crippen molar-refractivity contribution in [2.45, 2.75) is 25.7 Å². The lowest BCUT2D eigenvalue weighted by molar-refractivity contribution is -0.133. The number of hydrogen-bond acceptors (Lipinski definition) is 4. The van der Waals surface area contributed by atoms with Crippen LogP contribution in [0.1, 0.15) is 18.4 Å². The van der Waals surface area contributed by atoms with Gasteiger partial charge >= 0.3 is 0 Å². The number of likely N-dealkylation sites (tertiary alicyclic amines) is 1. The molecule has 2 fully saturated rings. The number of carbonyl (C=O) groups excluding carboxylic acids is 1. The molecule has 126 valence electrons. The molecule has 23 heavy (non-hydrogen) atoms. The Morgan fingerprint density at radius 2 is 1.83 bits per heavy atom. The van der Waals surface area contributed by atoms with Crippen LogP contribution < -0.4 is 0 Å². The molecular weight excluding hydrogens is 292 g/mol. The maximum atomic E-state index is 12.4. The summed E-state index contributed by atoms with van der Waals surface area (Å²) < 4.78 is 11.2. The van der Waals surface area contributed by atoms with Gasteiger partial charge in [0.05, 0.1) is 19.8 Å². The number of hydrogen-bond donors (Lipinski definition) is 0. The maximum Gasteiger partial charge on any atom is 0.236 e. The van der Waals surface area contributed by atoms with Crippen molar-refractivity contribution < 1.29 is 14.3 Å². The van der Waals surface area contributed by atoms with Crippen LogP contribution in [-0.4, -0.2) is 61.9 Å². The number of amides is 1. The van der Waals surface area contributed by atoms with Gasteiger partial charge in [-0.1, -0.05) is 30.3 Å². The van der Waals surface area contributed by atoms with Crippen molar-refractivity contribution in [1.29, 1.82) is 0 Å². The van der Waals surface area contributed by atoms with Crippen molar-refractivity contribution in [3.8, 4) is 0 Å². The minimum atomic E-state index is -0.0198. The van der Waals surface area contributed by atoms with Crippen LogP contribution in [0, 0.1) is 5.92 Å². The van der Waals surface area contributed by atoms with E-state index in [2.05, 4.69) is 17.0 Å². The number of rotatable bonds is 5. The fourth-order valence-corrected chi connectivity index (χ4v) is 3.29. The average Bonchev–Trinajstić information content (AvgIpc) is 3.11. The van der Waals surface area contributed by atoms with E-state index < -0.39 is 0 Å². The molecule has 2 aliphatic heterocycles. The zero-order valence-electron chi connectivity index (χ0n) is 13.8. The van der Waals surface area contributed by atoms with Crippen molar-refractivity contribution >= 4 is 5.91 Å². The molecule has 5 heteroatoms. The summed E-state index contributed by atoms with van der Waals surface area (Å²) in [4.78, 5) is 16.4. The summed E-state index contributed by atoms with van der Waals surface area (Å²) in [5.74, 6) is 0.659. The van der Waals surface area contributed by atoms with Gasteiger partial charge in [-0.05, 0) is 31.5 Å². The molecule has 2 aliphatic rings. The highest BCUT2D eigenvalue weighted by molar-refractivity contribution is 5.78. The summed E-state index contributed by atoms with van der Waals surface area (Å²) in [6, 6.07) is 10.1. The Bertz CT molecular complexity index is 494. The highest BCUT2D eigenvalue weighted by Crippen LogP contribution is 2.25. The van der Waals surface area contributed by atoms with Gasteiger partial charge in [0.1, 0.15) is 0 Å². The van der Waals surface area contributed by atoms with Gasteiger partial charge in [0.15, 0.2) is 6.29 Å². The number of carbonyl (C=O) groups is 1. The molecule has 1 aromatic carbocycles. The van der Waals surface area contributed by atoms with Gasteiger partial charge in [0.2, 0.25) is 5.91 Å². The number of ether oxygens (including phenoxy) is 2. The van der Waals surface area contributed by atoms with E-state index in [1.54, 1.807) is 0 Å². The molecule has 1 amide bonds. The van der Waals surface area contributed by atoms with Gasteiger partial charge in [-0.15, -0.1) is 0 Å². The number of nitrogens with zero attached hydrogens (tertiary/aromatic N) is 2. The quantitative estimate of drug-likeness (QED) is 0.829. The smallest absolute Gasteiger partial charge is 0.236 e. The SMILES string of the molecule is CN(Cc1ccccc1)C(=O)CN1CCC(C2OCCO2)CC1. The topological polar surface area (TPSA) is 42.0 Å². The summed E-state index contributed by atoms with van der Waals surface area (Å²) in [6.07, 6.45) is 2.06. The molecule has 0 spiro atoms. The molecule has 0 bridgehead atoms. The van der Waals surface area contributed by atoms with Gasteiger partial charge in [-0.25, -0.2) is 0 Å². The Balaban J connectivity index is 1.41. The predicted molar refractivity (Wildman–Crippen MR) is 87.8 cm³/mol. The largest absolute Gasteiger partial charge is 0.350 e. The minimum Gasteiger partial charge on any atom is -0.350 e. The second kappa shape index (κ2) is 7.90. The first-order chi connectivity index (χ1) is 11.2. The lowest BCUT2D eigenvalue weighted by Crippen LogP contribution is -2.43. The zero-order chi connectivity index (χ0) is 16.1. The van der Waals surface area contributed by atoms with E-state index in [4.69, 9.17) is 9.47 Å². The van der Waals surface area contributed by atoms with E-state index in [1.807, 2.05) is 30.1 Å². The summed E-state index contributed by atoms with van der Waals surface area (Å²) in [5, 5.41) is 0. The number of likely N-dealkylation sites (N-methyl/N-ethyl adjacent to an activating group) is 1. The van der Waals surface area contributed by atoms with E-state index in [0.717, 1.165) is 31.5 Å². The first kappa shape index (κ1) is 16.4. The second-order valence-corrected chi connectivity index (χ2v) is 6.46. The van der Waals surface area contributed by atoms with E-state index in [0.29, 0.717) is 32.2 Å². The lowest BCUT2D eigenvalue weighted by Gasteiger charge is -2.34. The standard InChI is InChI=1S/C18H26N2O3/c1-19(13-15-5-3-2-4-6-15)17(21)14-20-9-7-16(8-10-20)18-22-11-12-23-18/h2-6,16,18H,7-14H2,1H3. The van der Waals surface area contributed by atoms with Gasteiger partial charge in [0.25, 0.3) is 0 Å². The molecule has 0 saturated carbocycles. The van der Waals surface area contributed by atoms with E-state index in [9.17, 15) is 4.79 Å².